The number of benzene rings is 1. The van der Waals surface area contributed by atoms with Gasteiger partial charge in [-0.1, -0.05) is 0 Å². The standard InChI is InChI=1S/C19H20N4/c1-11(21)15(10-20)19-13-5-3-2-4-12(13)18-14-8-9-22-16(14)6-7-17(18)23-19/h6-10,20,23H,2-5,21H2,1H3. The summed E-state index contributed by atoms with van der Waals surface area (Å²) in [4.78, 5) is 7.99. The van der Waals surface area contributed by atoms with Crippen molar-refractivity contribution in [2.24, 2.45) is 5.73 Å². The quantitative estimate of drug-likeness (QED) is 0.627. The van der Waals surface area contributed by atoms with Gasteiger partial charge >= 0.3 is 0 Å². The van der Waals surface area contributed by atoms with Gasteiger partial charge in [0, 0.05) is 40.0 Å². The normalized spacial score (nSPS) is 15.5. The number of rotatable bonds is 2. The van der Waals surface area contributed by atoms with E-state index in [1.165, 1.54) is 41.0 Å². The molecule has 4 heteroatoms. The fourth-order valence-electron chi connectivity index (χ4n) is 3.79. The zero-order valence-electron chi connectivity index (χ0n) is 13.2. The van der Waals surface area contributed by atoms with Crippen molar-refractivity contribution in [3.05, 3.63) is 46.9 Å². The lowest BCUT2D eigenvalue weighted by Crippen LogP contribution is -2.12. The van der Waals surface area contributed by atoms with Gasteiger partial charge in [-0.3, -0.25) is 4.98 Å². The van der Waals surface area contributed by atoms with E-state index in [1.807, 2.05) is 13.1 Å². The fourth-order valence-corrected chi connectivity index (χ4v) is 3.79. The summed E-state index contributed by atoms with van der Waals surface area (Å²) in [5.41, 5.74) is 13.4. The Labute approximate surface area is 134 Å². The predicted molar refractivity (Wildman–Crippen MR) is 95.8 cm³/mol. The van der Waals surface area contributed by atoms with E-state index in [9.17, 15) is 0 Å². The molecule has 0 aliphatic heterocycles. The van der Waals surface area contributed by atoms with E-state index in [0.29, 0.717) is 5.70 Å². The Balaban J connectivity index is 2.16. The Morgan fingerprint density at radius 1 is 1.22 bits per heavy atom. The van der Waals surface area contributed by atoms with Crippen LogP contribution in [0.1, 0.15) is 36.6 Å². The first-order chi connectivity index (χ1) is 11.2. The molecule has 2 heterocycles. The zero-order valence-corrected chi connectivity index (χ0v) is 13.2. The summed E-state index contributed by atoms with van der Waals surface area (Å²) < 4.78 is 0. The van der Waals surface area contributed by atoms with Crippen LogP contribution in [0.5, 0.6) is 0 Å². The molecule has 1 aliphatic carbocycles. The lowest BCUT2D eigenvalue weighted by molar-refractivity contribution is 0.686. The third kappa shape index (κ3) is 2.05. The first kappa shape index (κ1) is 14.0. The second kappa shape index (κ2) is 5.23. The smallest absolute Gasteiger partial charge is 0.0710 e. The Morgan fingerprint density at radius 2 is 2.00 bits per heavy atom. The van der Waals surface area contributed by atoms with Crippen molar-refractivity contribution >= 4 is 33.6 Å². The van der Waals surface area contributed by atoms with Gasteiger partial charge < -0.3 is 16.1 Å². The number of fused-ring (bicyclic) bond motifs is 5. The molecule has 23 heavy (non-hydrogen) atoms. The van der Waals surface area contributed by atoms with Crippen LogP contribution < -0.4 is 5.73 Å². The van der Waals surface area contributed by atoms with Crippen LogP contribution in [0.4, 0.5) is 0 Å². The number of hydrogen-bond donors (Lipinski definition) is 3. The molecule has 0 saturated heterocycles. The van der Waals surface area contributed by atoms with Crippen molar-refractivity contribution in [1.82, 2.24) is 9.97 Å². The van der Waals surface area contributed by atoms with Crippen molar-refractivity contribution < 1.29 is 0 Å². The van der Waals surface area contributed by atoms with Crippen LogP contribution in [0.2, 0.25) is 0 Å². The highest BCUT2D eigenvalue weighted by Crippen LogP contribution is 2.36. The molecule has 4 nitrogen and oxygen atoms in total. The van der Waals surface area contributed by atoms with Gasteiger partial charge in [-0.05, 0) is 61.9 Å². The summed E-state index contributed by atoms with van der Waals surface area (Å²) in [6, 6.07) is 6.24. The molecule has 4 N–H and O–H groups in total. The number of H-pyrrole nitrogens is 1. The van der Waals surface area contributed by atoms with Gasteiger partial charge in [-0.25, -0.2) is 0 Å². The van der Waals surface area contributed by atoms with Crippen LogP contribution in [0.15, 0.2) is 30.1 Å². The predicted octanol–water partition coefficient (Wildman–Crippen LogP) is 3.93. The van der Waals surface area contributed by atoms with Gasteiger partial charge in [0.15, 0.2) is 0 Å². The Morgan fingerprint density at radius 3 is 2.74 bits per heavy atom. The molecule has 2 aromatic heterocycles. The van der Waals surface area contributed by atoms with E-state index < -0.39 is 0 Å². The van der Waals surface area contributed by atoms with Crippen LogP contribution >= 0.6 is 0 Å². The number of nitrogens with one attached hydrogen (secondary N) is 2. The Bertz CT molecular complexity index is 958. The average Bonchev–Trinajstić information content (AvgIpc) is 3.03. The maximum absolute atomic E-state index is 7.77. The summed E-state index contributed by atoms with van der Waals surface area (Å²) in [6.45, 7) is 1.86. The maximum atomic E-state index is 7.77. The molecule has 0 saturated carbocycles. The first-order valence-corrected chi connectivity index (χ1v) is 8.09. The molecule has 0 atom stereocenters. The lowest BCUT2D eigenvalue weighted by Gasteiger charge is -2.23. The van der Waals surface area contributed by atoms with Gasteiger partial charge in [0.1, 0.15) is 0 Å². The number of aryl methyl sites for hydroxylation is 1. The van der Waals surface area contributed by atoms with E-state index in [1.54, 1.807) is 0 Å². The van der Waals surface area contributed by atoms with Crippen molar-refractivity contribution in [3.63, 3.8) is 0 Å². The summed E-state index contributed by atoms with van der Waals surface area (Å²) in [5, 5.41) is 10.3. The minimum absolute atomic E-state index is 0.680. The number of nitrogens with two attached hydrogens (primary N) is 1. The maximum Gasteiger partial charge on any atom is 0.0710 e. The van der Waals surface area contributed by atoms with Crippen molar-refractivity contribution in [2.75, 3.05) is 0 Å². The lowest BCUT2D eigenvalue weighted by atomic mass is 9.85. The largest absolute Gasteiger partial charge is 0.402 e. The van der Waals surface area contributed by atoms with E-state index >= 15 is 0 Å². The number of hydrogen-bond acceptors (Lipinski definition) is 3. The highest BCUT2D eigenvalue weighted by atomic mass is 14.7. The molecule has 0 bridgehead atoms. The van der Waals surface area contributed by atoms with Crippen LogP contribution in [-0.4, -0.2) is 16.2 Å². The Hall–Kier alpha value is -2.62. The molecule has 4 rings (SSSR count). The van der Waals surface area contributed by atoms with E-state index in [-0.39, 0.29) is 0 Å². The van der Waals surface area contributed by atoms with Crippen LogP contribution in [0.25, 0.3) is 27.4 Å². The SMILES string of the molecule is CC(N)=C(C=N)c1[nH]c2ccc3nccc3c2c2c1CCCC2. The monoisotopic (exact) mass is 304 g/mol. The zero-order chi connectivity index (χ0) is 16.0. The van der Waals surface area contributed by atoms with Gasteiger partial charge in [-0.2, -0.15) is 0 Å². The Kier molecular flexibility index (Phi) is 3.18. The molecule has 0 radical (unpaired) electrons. The van der Waals surface area contributed by atoms with Crippen LogP contribution in [-0.2, 0) is 12.8 Å². The molecule has 0 amide bonds. The number of aromatic amines is 1. The molecule has 1 aliphatic rings. The molecule has 0 spiro atoms. The minimum Gasteiger partial charge on any atom is -0.402 e. The van der Waals surface area contributed by atoms with Crippen molar-refractivity contribution in [2.45, 2.75) is 32.6 Å². The van der Waals surface area contributed by atoms with Crippen molar-refractivity contribution in [3.8, 4) is 0 Å². The number of allylic oxidation sites excluding steroid dienone is 2. The van der Waals surface area contributed by atoms with Gasteiger partial charge in [0.05, 0.1) is 11.2 Å². The summed E-state index contributed by atoms with van der Waals surface area (Å²) in [5.74, 6) is 0. The summed E-state index contributed by atoms with van der Waals surface area (Å²) >= 11 is 0. The highest BCUT2D eigenvalue weighted by Gasteiger charge is 2.21. The van der Waals surface area contributed by atoms with E-state index in [4.69, 9.17) is 11.1 Å². The second-order valence-corrected chi connectivity index (χ2v) is 6.27. The third-order valence-electron chi connectivity index (χ3n) is 4.85. The van der Waals surface area contributed by atoms with Gasteiger partial charge in [0.25, 0.3) is 0 Å². The highest BCUT2D eigenvalue weighted by molar-refractivity contribution is 6.12. The van der Waals surface area contributed by atoms with E-state index in [0.717, 1.165) is 35.1 Å². The molecule has 0 fully saturated rings. The number of aromatic nitrogens is 2. The molecule has 116 valence electrons. The third-order valence-corrected chi connectivity index (χ3v) is 4.85. The van der Waals surface area contributed by atoms with E-state index in [2.05, 4.69) is 28.2 Å². The topological polar surface area (TPSA) is 78.5 Å². The van der Waals surface area contributed by atoms with Gasteiger partial charge in [0.2, 0.25) is 0 Å². The summed E-state index contributed by atoms with van der Waals surface area (Å²) in [7, 11) is 0. The number of nitrogens with zero attached hydrogens (tertiary/aromatic N) is 1. The van der Waals surface area contributed by atoms with Gasteiger partial charge in [-0.15, -0.1) is 0 Å². The molecular weight excluding hydrogens is 284 g/mol. The average molecular weight is 304 g/mol. The van der Waals surface area contributed by atoms with Crippen LogP contribution in [0.3, 0.4) is 0 Å². The molecular formula is C19H20N4. The van der Waals surface area contributed by atoms with Crippen LogP contribution in [0, 0.1) is 5.41 Å². The molecule has 3 aromatic rings. The first-order valence-electron chi connectivity index (χ1n) is 8.09. The van der Waals surface area contributed by atoms with Crippen molar-refractivity contribution in [1.29, 1.82) is 5.41 Å². The number of pyridine rings is 1. The minimum atomic E-state index is 0.680. The second-order valence-electron chi connectivity index (χ2n) is 6.27. The molecule has 0 unspecified atom stereocenters. The fraction of sp³-hybridized carbons (Fsp3) is 0.263. The summed E-state index contributed by atoms with van der Waals surface area (Å²) in [6.07, 6.45) is 7.74. The molecule has 1 aromatic carbocycles.